The van der Waals surface area contributed by atoms with E-state index >= 15 is 0 Å². The fourth-order valence-electron chi connectivity index (χ4n) is 5.66. The molecule has 3 amide bonds. The maximum Gasteiger partial charge on any atom is 0.248 e. The third-order valence-corrected chi connectivity index (χ3v) is 7.31. The van der Waals surface area contributed by atoms with E-state index in [4.69, 9.17) is 11.6 Å². The number of nitrogens with one attached hydrogen (secondary N) is 1. The zero-order valence-electron chi connectivity index (χ0n) is 16.5. The van der Waals surface area contributed by atoms with Crippen molar-refractivity contribution in [2.75, 3.05) is 5.32 Å². The molecule has 30 heavy (non-hydrogen) atoms. The number of benzene rings is 2. The number of nitrogens with zero attached hydrogens (tertiary/aromatic N) is 1. The predicted molar refractivity (Wildman–Crippen MR) is 114 cm³/mol. The highest BCUT2D eigenvalue weighted by Gasteiger charge is 2.62. The van der Waals surface area contributed by atoms with Crippen LogP contribution in [-0.4, -0.2) is 28.7 Å². The van der Waals surface area contributed by atoms with Crippen molar-refractivity contribution in [2.24, 2.45) is 23.7 Å². The maximum absolute atomic E-state index is 13.3. The molecule has 2 aliphatic carbocycles. The average molecular weight is 423 g/mol. The molecule has 0 spiro atoms. The number of likely N-dealkylation sites (tertiary alicyclic amines) is 1. The van der Waals surface area contributed by atoms with Gasteiger partial charge in [0.25, 0.3) is 0 Å². The molecular formula is C24H23ClN2O3. The molecule has 5 rings (SSSR count). The number of amides is 3. The third kappa shape index (κ3) is 3.12. The molecule has 1 aliphatic heterocycles. The first-order valence-corrected chi connectivity index (χ1v) is 10.9. The number of carbonyl (C=O) groups is 3. The fraction of sp³-hybridized carbons (Fsp3) is 0.375. The molecule has 5 nitrogen and oxygen atoms in total. The largest absolute Gasteiger partial charge is 0.323 e. The Kier molecular flexibility index (Phi) is 4.86. The van der Waals surface area contributed by atoms with Gasteiger partial charge in [-0.15, -0.1) is 0 Å². The zero-order valence-corrected chi connectivity index (χ0v) is 17.2. The highest BCUT2D eigenvalue weighted by atomic mass is 35.5. The van der Waals surface area contributed by atoms with Crippen molar-refractivity contribution in [3.8, 4) is 0 Å². The summed E-state index contributed by atoms with van der Waals surface area (Å²) in [6.45, 7) is 0. The van der Waals surface area contributed by atoms with Crippen LogP contribution in [0.4, 0.5) is 5.69 Å². The maximum atomic E-state index is 13.3. The Hall–Kier alpha value is -2.66. The normalized spacial score (nSPS) is 28.0. The van der Waals surface area contributed by atoms with Crippen molar-refractivity contribution in [2.45, 2.75) is 31.7 Å². The first-order valence-electron chi connectivity index (χ1n) is 10.5. The highest BCUT2D eigenvalue weighted by Crippen LogP contribution is 2.56. The summed E-state index contributed by atoms with van der Waals surface area (Å²) in [7, 11) is 0. The van der Waals surface area contributed by atoms with E-state index in [9.17, 15) is 14.4 Å². The molecule has 1 saturated heterocycles. The van der Waals surface area contributed by atoms with Gasteiger partial charge in [-0.2, -0.15) is 0 Å². The number of fused-ring (bicyclic) bond motifs is 5. The SMILES string of the molecule is O=C(Nc1ccccc1Cl)[C@@H](Cc1ccccc1)N1C(=O)[C@@H]2[C@H]3CC[C@H](C3)[C@@H]2C1=O. The van der Waals surface area contributed by atoms with E-state index < -0.39 is 6.04 Å². The van der Waals surface area contributed by atoms with Crippen LogP contribution >= 0.6 is 11.6 Å². The minimum Gasteiger partial charge on any atom is -0.323 e. The van der Waals surface area contributed by atoms with Crippen molar-refractivity contribution in [3.63, 3.8) is 0 Å². The second-order valence-corrected chi connectivity index (χ2v) is 9.01. The quantitative estimate of drug-likeness (QED) is 0.742. The lowest BCUT2D eigenvalue weighted by Crippen LogP contribution is -2.49. The lowest BCUT2D eigenvalue weighted by molar-refractivity contribution is -0.147. The molecule has 1 N–H and O–H groups in total. The highest BCUT2D eigenvalue weighted by molar-refractivity contribution is 6.33. The van der Waals surface area contributed by atoms with Gasteiger partial charge < -0.3 is 5.32 Å². The lowest BCUT2D eigenvalue weighted by Gasteiger charge is -2.27. The second-order valence-electron chi connectivity index (χ2n) is 8.61. The monoisotopic (exact) mass is 422 g/mol. The number of imide groups is 1. The first kappa shape index (κ1) is 19.3. The molecule has 2 saturated carbocycles. The number of rotatable bonds is 5. The third-order valence-electron chi connectivity index (χ3n) is 6.98. The van der Waals surface area contributed by atoms with Crippen molar-refractivity contribution in [1.82, 2.24) is 4.90 Å². The number of hydrogen-bond donors (Lipinski definition) is 1. The summed E-state index contributed by atoms with van der Waals surface area (Å²) in [4.78, 5) is 41.3. The van der Waals surface area contributed by atoms with E-state index in [1.807, 2.05) is 30.3 Å². The van der Waals surface area contributed by atoms with Crippen LogP contribution < -0.4 is 5.32 Å². The molecule has 2 aromatic carbocycles. The smallest absolute Gasteiger partial charge is 0.248 e. The molecule has 3 fully saturated rings. The van der Waals surface area contributed by atoms with Crippen LogP contribution in [0.15, 0.2) is 54.6 Å². The minimum atomic E-state index is -0.895. The van der Waals surface area contributed by atoms with Gasteiger partial charge in [0.1, 0.15) is 6.04 Å². The van der Waals surface area contributed by atoms with E-state index in [2.05, 4.69) is 5.32 Å². The van der Waals surface area contributed by atoms with Crippen molar-refractivity contribution in [3.05, 3.63) is 65.2 Å². The average Bonchev–Trinajstić information content (AvgIpc) is 3.43. The predicted octanol–water partition coefficient (Wildman–Crippen LogP) is 3.92. The molecule has 1 heterocycles. The molecule has 154 valence electrons. The Morgan fingerprint density at radius 1 is 0.967 bits per heavy atom. The van der Waals surface area contributed by atoms with Crippen molar-refractivity contribution in [1.29, 1.82) is 0 Å². The summed E-state index contributed by atoms with van der Waals surface area (Å²) in [5, 5.41) is 3.25. The molecule has 0 radical (unpaired) electrons. The van der Waals surface area contributed by atoms with Crippen molar-refractivity contribution >= 4 is 35.0 Å². The summed E-state index contributed by atoms with van der Waals surface area (Å²) >= 11 is 6.21. The second kappa shape index (κ2) is 7.55. The van der Waals surface area contributed by atoms with Crippen molar-refractivity contribution < 1.29 is 14.4 Å². The van der Waals surface area contributed by atoms with Gasteiger partial charge in [-0.05, 0) is 48.8 Å². The van der Waals surface area contributed by atoms with Crippen LogP contribution in [0, 0.1) is 23.7 Å². The standard InChI is InChI=1S/C24H23ClN2O3/c25-17-8-4-5-9-18(17)26-22(28)19(12-14-6-2-1-3-7-14)27-23(29)20-15-10-11-16(13-15)21(20)24(27)30/h1-9,15-16,19-21H,10-13H2,(H,26,28)/t15-,16+,19-,20+,21-/m1/s1. The van der Waals surface area contributed by atoms with Crippen LogP contribution in [0.25, 0.3) is 0 Å². The number of para-hydroxylation sites is 1. The van der Waals surface area contributed by atoms with E-state index in [0.29, 0.717) is 10.7 Å². The summed E-state index contributed by atoms with van der Waals surface area (Å²) < 4.78 is 0. The molecular weight excluding hydrogens is 400 g/mol. The summed E-state index contributed by atoms with van der Waals surface area (Å²) in [6.07, 6.45) is 3.26. The summed E-state index contributed by atoms with van der Waals surface area (Å²) in [5.74, 6) is -0.665. The Morgan fingerprint density at radius 3 is 2.20 bits per heavy atom. The van der Waals surface area contributed by atoms with Gasteiger partial charge in [-0.1, -0.05) is 54.1 Å². The molecule has 0 unspecified atom stereocenters. The molecule has 0 aromatic heterocycles. The molecule has 2 aromatic rings. The van der Waals surface area contributed by atoms with Gasteiger partial charge in [0.2, 0.25) is 17.7 Å². The zero-order chi connectivity index (χ0) is 20.8. The van der Waals surface area contributed by atoms with E-state index in [-0.39, 0.29) is 47.8 Å². The van der Waals surface area contributed by atoms with Crippen LogP contribution in [0.5, 0.6) is 0 Å². The minimum absolute atomic E-state index is 0.174. The molecule has 2 bridgehead atoms. The van der Waals surface area contributed by atoms with Crippen LogP contribution in [0.3, 0.4) is 0 Å². The van der Waals surface area contributed by atoms with Crippen LogP contribution in [-0.2, 0) is 20.8 Å². The van der Waals surface area contributed by atoms with Gasteiger partial charge in [0.05, 0.1) is 22.5 Å². The Labute approximate surface area is 180 Å². The number of hydrogen-bond acceptors (Lipinski definition) is 3. The van der Waals surface area contributed by atoms with E-state index in [0.717, 1.165) is 24.8 Å². The van der Waals surface area contributed by atoms with Crippen LogP contribution in [0.1, 0.15) is 24.8 Å². The van der Waals surface area contributed by atoms with E-state index in [1.165, 1.54) is 4.90 Å². The Bertz CT molecular complexity index is 981. The first-order chi connectivity index (χ1) is 14.5. The van der Waals surface area contributed by atoms with Gasteiger partial charge in [-0.25, -0.2) is 0 Å². The number of anilines is 1. The summed E-state index contributed by atoms with van der Waals surface area (Å²) in [6, 6.07) is 15.6. The fourth-order valence-corrected chi connectivity index (χ4v) is 5.84. The Morgan fingerprint density at radius 2 is 1.57 bits per heavy atom. The molecule has 5 atom stereocenters. The van der Waals surface area contributed by atoms with E-state index in [1.54, 1.807) is 24.3 Å². The number of halogens is 1. The van der Waals surface area contributed by atoms with Gasteiger partial charge >= 0.3 is 0 Å². The Balaban J connectivity index is 1.47. The van der Waals surface area contributed by atoms with Gasteiger partial charge in [0, 0.05) is 6.42 Å². The van der Waals surface area contributed by atoms with Crippen LogP contribution in [0.2, 0.25) is 5.02 Å². The number of carbonyl (C=O) groups excluding carboxylic acids is 3. The molecule has 6 heteroatoms. The van der Waals surface area contributed by atoms with Gasteiger partial charge in [-0.3, -0.25) is 19.3 Å². The molecule has 3 aliphatic rings. The van der Waals surface area contributed by atoms with Gasteiger partial charge in [0.15, 0.2) is 0 Å². The topological polar surface area (TPSA) is 66.5 Å². The summed E-state index contributed by atoms with van der Waals surface area (Å²) in [5.41, 5.74) is 1.37. The lowest BCUT2D eigenvalue weighted by atomic mass is 9.81.